The first-order valence-electron chi connectivity index (χ1n) is 9.38. The first-order valence-corrected chi connectivity index (χ1v) is 9.38. The Kier molecular flexibility index (Phi) is 5.57. The third-order valence-electron chi connectivity index (χ3n) is 5.23. The third-order valence-corrected chi connectivity index (χ3v) is 5.23. The Balaban J connectivity index is 2.12. The minimum atomic E-state index is 0.246. The smallest absolute Gasteiger partial charge is 0.0468 e. The standard InChI is InChI=1S/C22H29NO/c1-3-5-15-23-20-13-8-6-11-18(20)22(17(16-24)10-4-2)19-12-7-9-14-21(19)23/h6-9,11-14,17,22,24H,3-5,10,15-16H2,1-2H3/t17-/m0/s1. The molecule has 2 aromatic carbocycles. The summed E-state index contributed by atoms with van der Waals surface area (Å²) in [6, 6.07) is 17.5. The molecule has 1 atom stereocenters. The monoisotopic (exact) mass is 323 g/mol. The average molecular weight is 323 g/mol. The molecule has 0 saturated heterocycles. The third kappa shape index (κ3) is 3.08. The molecule has 3 rings (SSSR count). The molecule has 2 nitrogen and oxygen atoms in total. The van der Waals surface area contributed by atoms with Gasteiger partial charge in [0.2, 0.25) is 0 Å². The Morgan fingerprint density at radius 1 is 0.917 bits per heavy atom. The van der Waals surface area contributed by atoms with Gasteiger partial charge in [-0.2, -0.15) is 0 Å². The Morgan fingerprint density at radius 3 is 2.00 bits per heavy atom. The zero-order valence-corrected chi connectivity index (χ0v) is 14.9. The summed E-state index contributed by atoms with van der Waals surface area (Å²) in [5.74, 6) is 0.575. The van der Waals surface area contributed by atoms with Gasteiger partial charge in [0.1, 0.15) is 0 Å². The van der Waals surface area contributed by atoms with Gasteiger partial charge in [-0.1, -0.05) is 63.1 Å². The van der Waals surface area contributed by atoms with E-state index in [1.807, 2.05) is 0 Å². The molecule has 0 radical (unpaired) electrons. The Morgan fingerprint density at radius 2 is 1.50 bits per heavy atom. The molecule has 128 valence electrons. The van der Waals surface area contributed by atoms with Crippen LogP contribution in [0.1, 0.15) is 56.6 Å². The summed E-state index contributed by atoms with van der Waals surface area (Å²) in [7, 11) is 0. The molecule has 0 fully saturated rings. The van der Waals surface area contributed by atoms with Crippen LogP contribution in [0, 0.1) is 5.92 Å². The molecule has 0 unspecified atom stereocenters. The zero-order chi connectivity index (χ0) is 16.9. The summed E-state index contributed by atoms with van der Waals surface area (Å²) in [6.07, 6.45) is 4.54. The van der Waals surface area contributed by atoms with Gasteiger partial charge in [-0.3, -0.25) is 0 Å². The van der Waals surface area contributed by atoms with E-state index < -0.39 is 0 Å². The van der Waals surface area contributed by atoms with Crippen molar-refractivity contribution in [2.75, 3.05) is 18.1 Å². The Hall–Kier alpha value is -1.80. The fraction of sp³-hybridized carbons (Fsp3) is 0.455. The molecule has 1 heterocycles. The molecule has 2 aromatic rings. The van der Waals surface area contributed by atoms with Crippen molar-refractivity contribution in [1.82, 2.24) is 0 Å². The highest BCUT2D eigenvalue weighted by Crippen LogP contribution is 2.49. The second kappa shape index (κ2) is 7.85. The number of fused-ring (bicyclic) bond motifs is 2. The molecule has 0 spiro atoms. The van der Waals surface area contributed by atoms with Crippen LogP contribution >= 0.6 is 0 Å². The van der Waals surface area contributed by atoms with Gasteiger partial charge in [0.05, 0.1) is 0 Å². The molecule has 2 heteroatoms. The topological polar surface area (TPSA) is 23.5 Å². The lowest BCUT2D eigenvalue weighted by Crippen LogP contribution is -2.30. The van der Waals surface area contributed by atoms with Crippen LogP contribution in [-0.2, 0) is 0 Å². The van der Waals surface area contributed by atoms with E-state index >= 15 is 0 Å². The van der Waals surface area contributed by atoms with E-state index in [1.165, 1.54) is 35.3 Å². The van der Waals surface area contributed by atoms with Gasteiger partial charge >= 0.3 is 0 Å². The normalized spacial score (nSPS) is 15.0. The molecular weight excluding hydrogens is 294 g/mol. The van der Waals surface area contributed by atoms with Gasteiger partial charge in [-0.05, 0) is 42.0 Å². The van der Waals surface area contributed by atoms with Crippen LogP contribution in [-0.4, -0.2) is 18.3 Å². The minimum absolute atomic E-state index is 0.246. The van der Waals surface area contributed by atoms with Crippen LogP contribution < -0.4 is 4.90 Å². The van der Waals surface area contributed by atoms with Crippen molar-refractivity contribution in [3.8, 4) is 0 Å². The molecule has 0 aliphatic carbocycles. The average Bonchev–Trinajstić information content (AvgIpc) is 2.63. The van der Waals surface area contributed by atoms with Gasteiger partial charge in [0.15, 0.2) is 0 Å². The summed E-state index contributed by atoms with van der Waals surface area (Å²) in [4.78, 5) is 2.48. The van der Waals surface area contributed by atoms with Gasteiger partial charge in [-0.25, -0.2) is 0 Å². The van der Waals surface area contributed by atoms with E-state index in [2.05, 4.69) is 67.3 Å². The molecule has 0 bridgehead atoms. The number of hydrogen-bond acceptors (Lipinski definition) is 2. The second-order valence-electron chi connectivity index (χ2n) is 6.83. The maximum absolute atomic E-state index is 10.1. The van der Waals surface area contributed by atoms with E-state index in [4.69, 9.17) is 0 Å². The van der Waals surface area contributed by atoms with Crippen molar-refractivity contribution in [1.29, 1.82) is 0 Å². The van der Waals surface area contributed by atoms with E-state index in [1.54, 1.807) is 0 Å². The summed E-state index contributed by atoms with van der Waals surface area (Å²) in [5.41, 5.74) is 5.40. The predicted octanol–water partition coefficient (Wildman–Crippen LogP) is 5.48. The number of aliphatic hydroxyl groups excluding tert-OH is 1. The largest absolute Gasteiger partial charge is 0.396 e. The van der Waals surface area contributed by atoms with Crippen LogP contribution in [0.5, 0.6) is 0 Å². The summed E-state index contributed by atoms with van der Waals surface area (Å²) >= 11 is 0. The summed E-state index contributed by atoms with van der Waals surface area (Å²) in [5, 5.41) is 10.1. The molecule has 1 N–H and O–H groups in total. The molecule has 0 saturated carbocycles. The minimum Gasteiger partial charge on any atom is -0.396 e. The van der Waals surface area contributed by atoms with Crippen molar-refractivity contribution >= 4 is 11.4 Å². The van der Waals surface area contributed by atoms with Gasteiger partial charge in [0.25, 0.3) is 0 Å². The summed E-state index contributed by atoms with van der Waals surface area (Å²) < 4.78 is 0. The van der Waals surface area contributed by atoms with E-state index in [0.29, 0.717) is 5.92 Å². The van der Waals surface area contributed by atoms with Crippen molar-refractivity contribution in [2.24, 2.45) is 5.92 Å². The van der Waals surface area contributed by atoms with Crippen LogP contribution in [0.3, 0.4) is 0 Å². The van der Waals surface area contributed by atoms with Crippen LogP contribution in [0.4, 0.5) is 11.4 Å². The summed E-state index contributed by atoms with van der Waals surface area (Å²) in [6.45, 7) is 5.75. The maximum atomic E-state index is 10.1. The first kappa shape index (κ1) is 17.0. The molecular formula is C22H29NO. The van der Waals surface area contributed by atoms with Crippen LogP contribution in [0.25, 0.3) is 0 Å². The number of hydrogen-bond donors (Lipinski definition) is 1. The SMILES string of the molecule is CCCCN1c2ccccc2C([C@H](CO)CCC)c2ccccc21. The number of rotatable bonds is 7. The number of benzene rings is 2. The van der Waals surface area contributed by atoms with Crippen molar-refractivity contribution in [3.05, 3.63) is 59.7 Å². The number of anilines is 2. The van der Waals surface area contributed by atoms with E-state index in [-0.39, 0.29) is 12.5 Å². The van der Waals surface area contributed by atoms with Crippen molar-refractivity contribution in [2.45, 2.75) is 45.4 Å². The number of para-hydroxylation sites is 2. The van der Waals surface area contributed by atoms with E-state index in [0.717, 1.165) is 19.4 Å². The van der Waals surface area contributed by atoms with E-state index in [9.17, 15) is 5.11 Å². The highest BCUT2D eigenvalue weighted by molar-refractivity contribution is 5.76. The Labute approximate surface area is 146 Å². The Bertz CT molecular complexity index is 619. The van der Waals surface area contributed by atoms with Crippen LogP contribution in [0.15, 0.2) is 48.5 Å². The number of unbranched alkanes of at least 4 members (excludes halogenated alkanes) is 1. The fourth-order valence-corrected chi connectivity index (χ4v) is 4.09. The van der Waals surface area contributed by atoms with Crippen molar-refractivity contribution < 1.29 is 5.11 Å². The predicted molar refractivity (Wildman–Crippen MR) is 102 cm³/mol. The fourth-order valence-electron chi connectivity index (χ4n) is 4.09. The molecule has 1 aliphatic rings. The quantitative estimate of drug-likeness (QED) is 0.729. The molecule has 1 aliphatic heterocycles. The molecule has 0 aromatic heterocycles. The highest BCUT2D eigenvalue weighted by atomic mass is 16.3. The lowest BCUT2D eigenvalue weighted by Gasteiger charge is -2.40. The zero-order valence-electron chi connectivity index (χ0n) is 14.9. The van der Waals surface area contributed by atoms with Gasteiger partial charge in [0, 0.05) is 30.4 Å². The van der Waals surface area contributed by atoms with Crippen molar-refractivity contribution in [3.63, 3.8) is 0 Å². The number of nitrogens with zero attached hydrogens (tertiary/aromatic N) is 1. The van der Waals surface area contributed by atoms with Gasteiger partial charge in [-0.15, -0.1) is 0 Å². The first-order chi connectivity index (χ1) is 11.8. The lowest BCUT2D eigenvalue weighted by molar-refractivity contribution is 0.204. The maximum Gasteiger partial charge on any atom is 0.0468 e. The molecule has 24 heavy (non-hydrogen) atoms. The molecule has 0 amide bonds. The lowest BCUT2D eigenvalue weighted by atomic mass is 9.75. The second-order valence-corrected chi connectivity index (χ2v) is 6.83. The number of aliphatic hydroxyl groups is 1. The van der Waals surface area contributed by atoms with Crippen LogP contribution in [0.2, 0.25) is 0 Å². The highest BCUT2D eigenvalue weighted by Gasteiger charge is 2.34. The van der Waals surface area contributed by atoms with Gasteiger partial charge < -0.3 is 10.0 Å².